The lowest BCUT2D eigenvalue weighted by molar-refractivity contribution is 0.223. The Morgan fingerprint density at radius 1 is 1.14 bits per heavy atom. The van der Waals surface area contributed by atoms with Crippen LogP contribution in [0, 0.1) is 6.92 Å². The number of aryl methyl sites for hydroxylation is 1. The lowest BCUT2D eigenvalue weighted by Gasteiger charge is -2.17. The standard InChI is InChI=1S/C22H27N5O/c1-16-8-7-11-19(12-16)28-17(2)13-25-22(23-3)26-15-21-24-14-20(27-21)18-9-5-4-6-10-18/h4-12,14,17H,13,15H2,1-3H3,(H,24,27)(H2,23,25,26). The summed E-state index contributed by atoms with van der Waals surface area (Å²) in [5, 5.41) is 6.55. The van der Waals surface area contributed by atoms with E-state index in [2.05, 4.69) is 50.7 Å². The molecule has 0 saturated heterocycles. The molecule has 1 heterocycles. The fraction of sp³-hybridized carbons (Fsp3) is 0.273. The zero-order valence-electron chi connectivity index (χ0n) is 16.6. The van der Waals surface area contributed by atoms with Crippen LogP contribution < -0.4 is 15.4 Å². The van der Waals surface area contributed by atoms with Crippen molar-refractivity contribution in [2.75, 3.05) is 13.6 Å². The normalized spacial score (nSPS) is 12.5. The maximum absolute atomic E-state index is 5.94. The zero-order valence-corrected chi connectivity index (χ0v) is 16.6. The van der Waals surface area contributed by atoms with E-state index in [1.807, 2.05) is 49.5 Å². The summed E-state index contributed by atoms with van der Waals surface area (Å²) in [6.07, 6.45) is 1.86. The molecule has 1 atom stereocenters. The number of hydrogen-bond acceptors (Lipinski definition) is 3. The van der Waals surface area contributed by atoms with Crippen molar-refractivity contribution in [1.29, 1.82) is 0 Å². The second-order valence-corrected chi connectivity index (χ2v) is 6.66. The number of ether oxygens (including phenoxy) is 1. The summed E-state index contributed by atoms with van der Waals surface area (Å²) in [6.45, 7) is 5.28. The number of guanidine groups is 1. The van der Waals surface area contributed by atoms with Gasteiger partial charge in [0.25, 0.3) is 0 Å². The predicted molar refractivity (Wildman–Crippen MR) is 113 cm³/mol. The number of aromatic amines is 1. The fourth-order valence-corrected chi connectivity index (χ4v) is 2.81. The van der Waals surface area contributed by atoms with E-state index < -0.39 is 0 Å². The number of nitrogens with one attached hydrogen (secondary N) is 3. The summed E-state index contributed by atoms with van der Waals surface area (Å²) in [4.78, 5) is 12.0. The average Bonchev–Trinajstić information content (AvgIpc) is 3.18. The number of hydrogen-bond donors (Lipinski definition) is 3. The molecule has 28 heavy (non-hydrogen) atoms. The SMILES string of the molecule is CN=C(NCc1ncc(-c2ccccc2)[nH]1)NCC(C)Oc1cccc(C)c1. The van der Waals surface area contributed by atoms with Crippen molar-refractivity contribution in [1.82, 2.24) is 20.6 Å². The quantitative estimate of drug-likeness (QED) is 0.435. The number of rotatable bonds is 7. The molecule has 6 nitrogen and oxygen atoms in total. The van der Waals surface area contributed by atoms with Gasteiger partial charge in [0.05, 0.1) is 25.0 Å². The van der Waals surface area contributed by atoms with Gasteiger partial charge in [0.15, 0.2) is 5.96 Å². The Kier molecular flexibility index (Phi) is 6.68. The Hall–Kier alpha value is -3.28. The Balaban J connectivity index is 1.46. The summed E-state index contributed by atoms with van der Waals surface area (Å²) >= 11 is 0. The summed E-state index contributed by atoms with van der Waals surface area (Å²) in [7, 11) is 1.75. The van der Waals surface area contributed by atoms with E-state index >= 15 is 0 Å². The lowest BCUT2D eigenvalue weighted by Crippen LogP contribution is -2.41. The van der Waals surface area contributed by atoms with Gasteiger partial charge in [-0.05, 0) is 37.1 Å². The van der Waals surface area contributed by atoms with Crippen LogP contribution in [0.15, 0.2) is 65.8 Å². The molecule has 0 aliphatic rings. The molecule has 1 aromatic heterocycles. The average molecular weight is 377 g/mol. The zero-order chi connectivity index (χ0) is 19.8. The Bertz CT molecular complexity index is 904. The summed E-state index contributed by atoms with van der Waals surface area (Å²) in [6, 6.07) is 18.2. The maximum Gasteiger partial charge on any atom is 0.191 e. The van der Waals surface area contributed by atoms with Crippen LogP contribution >= 0.6 is 0 Å². The van der Waals surface area contributed by atoms with E-state index in [0.717, 1.165) is 22.8 Å². The van der Waals surface area contributed by atoms with Gasteiger partial charge in [-0.25, -0.2) is 4.98 Å². The third-order valence-corrected chi connectivity index (χ3v) is 4.24. The molecule has 0 aliphatic heterocycles. The van der Waals surface area contributed by atoms with Crippen molar-refractivity contribution in [2.24, 2.45) is 4.99 Å². The number of imidazole rings is 1. The van der Waals surface area contributed by atoms with Gasteiger partial charge < -0.3 is 20.4 Å². The molecule has 0 fully saturated rings. The van der Waals surface area contributed by atoms with E-state index in [1.54, 1.807) is 7.05 Å². The summed E-state index contributed by atoms with van der Waals surface area (Å²) in [5.74, 6) is 2.43. The Morgan fingerprint density at radius 3 is 2.71 bits per heavy atom. The second kappa shape index (κ2) is 9.60. The minimum absolute atomic E-state index is 0.00801. The van der Waals surface area contributed by atoms with Crippen LogP contribution in [-0.2, 0) is 6.54 Å². The molecular formula is C22H27N5O. The van der Waals surface area contributed by atoms with Gasteiger partial charge in [0.1, 0.15) is 17.7 Å². The van der Waals surface area contributed by atoms with Crippen LogP contribution in [0.25, 0.3) is 11.3 Å². The molecule has 3 aromatic rings. The highest BCUT2D eigenvalue weighted by Crippen LogP contribution is 2.16. The highest BCUT2D eigenvalue weighted by molar-refractivity contribution is 5.79. The van der Waals surface area contributed by atoms with Gasteiger partial charge in [-0.2, -0.15) is 0 Å². The van der Waals surface area contributed by atoms with Crippen LogP contribution in [0.3, 0.4) is 0 Å². The molecule has 146 valence electrons. The first-order valence-electron chi connectivity index (χ1n) is 9.41. The molecular weight excluding hydrogens is 350 g/mol. The molecule has 3 N–H and O–H groups in total. The first kappa shape index (κ1) is 19.5. The van der Waals surface area contributed by atoms with Crippen molar-refractivity contribution in [3.63, 3.8) is 0 Å². The molecule has 0 radical (unpaired) electrons. The highest BCUT2D eigenvalue weighted by Gasteiger charge is 2.07. The molecule has 0 amide bonds. The number of H-pyrrole nitrogens is 1. The fourth-order valence-electron chi connectivity index (χ4n) is 2.81. The van der Waals surface area contributed by atoms with Gasteiger partial charge in [0, 0.05) is 7.05 Å². The van der Waals surface area contributed by atoms with Crippen LogP contribution in [0.2, 0.25) is 0 Å². The van der Waals surface area contributed by atoms with E-state index in [1.165, 1.54) is 5.56 Å². The van der Waals surface area contributed by atoms with Crippen molar-refractivity contribution < 1.29 is 4.74 Å². The van der Waals surface area contributed by atoms with E-state index in [4.69, 9.17) is 4.74 Å². The topological polar surface area (TPSA) is 74.3 Å². The van der Waals surface area contributed by atoms with Gasteiger partial charge in [0.2, 0.25) is 0 Å². The third kappa shape index (κ3) is 5.61. The molecule has 0 spiro atoms. The third-order valence-electron chi connectivity index (χ3n) is 4.24. The number of benzene rings is 2. The molecule has 6 heteroatoms. The number of nitrogens with zero attached hydrogens (tertiary/aromatic N) is 2. The first-order valence-corrected chi connectivity index (χ1v) is 9.41. The van der Waals surface area contributed by atoms with Crippen molar-refractivity contribution >= 4 is 5.96 Å². The van der Waals surface area contributed by atoms with Gasteiger partial charge in [-0.15, -0.1) is 0 Å². The monoisotopic (exact) mass is 377 g/mol. The first-order chi connectivity index (χ1) is 13.6. The summed E-state index contributed by atoms with van der Waals surface area (Å²) in [5.41, 5.74) is 3.30. The van der Waals surface area contributed by atoms with Crippen LogP contribution in [0.5, 0.6) is 5.75 Å². The molecule has 3 rings (SSSR count). The molecule has 1 unspecified atom stereocenters. The molecule has 2 aromatic carbocycles. The van der Waals surface area contributed by atoms with Crippen LogP contribution in [-0.4, -0.2) is 35.6 Å². The van der Waals surface area contributed by atoms with E-state index in [9.17, 15) is 0 Å². The predicted octanol–water partition coefficient (Wildman–Crippen LogP) is 3.52. The van der Waals surface area contributed by atoms with Crippen LogP contribution in [0.1, 0.15) is 18.3 Å². The Morgan fingerprint density at radius 2 is 1.96 bits per heavy atom. The van der Waals surface area contributed by atoms with Gasteiger partial charge in [-0.3, -0.25) is 4.99 Å². The second-order valence-electron chi connectivity index (χ2n) is 6.66. The van der Waals surface area contributed by atoms with Crippen LogP contribution in [0.4, 0.5) is 0 Å². The minimum atomic E-state index is 0.00801. The minimum Gasteiger partial charge on any atom is -0.489 e. The van der Waals surface area contributed by atoms with Crippen molar-refractivity contribution in [3.8, 4) is 17.0 Å². The summed E-state index contributed by atoms with van der Waals surface area (Å²) < 4.78 is 5.94. The Labute approximate surface area is 166 Å². The van der Waals surface area contributed by atoms with Crippen molar-refractivity contribution in [3.05, 3.63) is 72.2 Å². The molecule has 0 aliphatic carbocycles. The number of aliphatic imine (C=N–C) groups is 1. The lowest BCUT2D eigenvalue weighted by atomic mass is 10.2. The van der Waals surface area contributed by atoms with E-state index in [0.29, 0.717) is 19.0 Å². The maximum atomic E-state index is 5.94. The van der Waals surface area contributed by atoms with Gasteiger partial charge >= 0.3 is 0 Å². The smallest absolute Gasteiger partial charge is 0.191 e. The number of aromatic nitrogens is 2. The highest BCUT2D eigenvalue weighted by atomic mass is 16.5. The molecule has 0 saturated carbocycles. The molecule has 0 bridgehead atoms. The van der Waals surface area contributed by atoms with Gasteiger partial charge in [-0.1, -0.05) is 42.5 Å². The van der Waals surface area contributed by atoms with Crippen molar-refractivity contribution in [2.45, 2.75) is 26.5 Å². The largest absolute Gasteiger partial charge is 0.489 e. The van der Waals surface area contributed by atoms with E-state index in [-0.39, 0.29) is 6.10 Å².